The summed E-state index contributed by atoms with van der Waals surface area (Å²) in [5.74, 6) is -0.203. The van der Waals surface area contributed by atoms with Crippen molar-refractivity contribution in [3.05, 3.63) is 72.3 Å². The second kappa shape index (κ2) is 16.2. The zero-order chi connectivity index (χ0) is 29.8. The Morgan fingerprint density at radius 2 is 1.23 bits per heavy atom. The number of benzene rings is 2. The monoisotopic (exact) mass is 611 g/mol. The zero-order valence-electron chi connectivity index (χ0n) is 20.1. The molecule has 40 heavy (non-hydrogen) atoms. The Balaban J connectivity index is 0.000000581. The lowest BCUT2D eigenvalue weighted by atomic mass is 10.2. The van der Waals surface area contributed by atoms with E-state index >= 15 is 0 Å². The van der Waals surface area contributed by atoms with Crippen LogP contribution in [0.5, 0.6) is 0 Å². The maximum absolute atomic E-state index is 12.5. The molecule has 1 aromatic heterocycles. The summed E-state index contributed by atoms with van der Waals surface area (Å²) >= 11 is 0. The van der Waals surface area contributed by atoms with Crippen LogP contribution in [-0.2, 0) is 36.5 Å². The molecule has 0 saturated heterocycles. The highest BCUT2D eigenvalue weighted by atomic mass is 32.3. The molecule has 0 atom stereocenters. The van der Waals surface area contributed by atoms with Crippen molar-refractivity contribution in [2.75, 3.05) is 11.9 Å². The van der Waals surface area contributed by atoms with Crippen LogP contribution in [0.2, 0.25) is 0 Å². The molecule has 3 aromatic rings. The lowest BCUT2D eigenvalue weighted by Crippen LogP contribution is -2.18. The van der Waals surface area contributed by atoms with Crippen LogP contribution in [0.15, 0.2) is 58.3 Å². The maximum Gasteiger partial charge on any atom is 0.332 e. The third-order valence-corrected chi connectivity index (χ3v) is 5.70. The predicted molar refractivity (Wildman–Crippen MR) is 134 cm³/mol. The summed E-state index contributed by atoms with van der Waals surface area (Å²) in [6, 6.07) is 10.7. The number of halogens is 4. The molecule has 0 bridgehead atoms. The van der Waals surface area contributed by atoms with Gasteiger partial charge in [-0.15, -0.1) is 3.89 Å². The largest absolute Gasteiger partial charge is 0.378 e. The van der Waals surface area contributed by atoms with E-state index < -0.39 is 38.6 Å². The first kappa shape index (κ1) is 36.0. The van der Waals surface area contributed by atoms with E-state index in [9.17, 15) is 43.5 Å². The first-order valence-electron chi connectivity index (χ1n) is 10.3. The average Bonchev–Trinajstić information content (AvgIpc) is 2.81. The van der Waals surface area contributed by atoms with Crippen LogP contribution in [0.1, 0.15) is 26.8 Å². The molecule has 3 rings (SSSR count). The van der Waals surface area contributed by atoms with Crippen molar-refractivity contribution in [2.24, 2.45) is 0 Å². The number of rotatable bonds is 7. The Bertz CT molecular complexity index is 1350. The molecule has 18 heteroatoms. The molecular formula is C22H25F4N5O7S2. The summed E-state index contributed by atoms with van der Waals surface area (Å²) in [4.78, 5) is 28.0. The van der Waals surface area contributed by atoms with E-state index in [0.717, 1.165) is 12.1 Å². The van der Waals surface area contributed by atoms with Crippen LogP contribution in [0, 0.1) is 18.2 Å². The molecule has 0 fully saturated rings. The minimum absolute atomic E-state index is 0. The van der Waals surface area contributed by atoms with Crippen molar-refractivity contribution in [3.8, 4) is 0 Å². The molecule has 0 saturated carbocycles. The molecule has 0 aliphatic rings. The number of hydrogen-bond donors (Lipinski definition) is 3. The van der Waals surface area contributed by atoms with Gasteiger partial charge >= 0.3 is 28.5 Å². The van der Waals surface area contributed by atoms with Gasteiger partial charge in [0, 0.05) is 19.2 Å². The number of amides is 1. The fourth-order valence-corrected chi connectivity index (χ4v) is 3.21. The van der Waals surface area contributed by atoms with Gasteiger partial charge in [-0.3, -0.25) is 14.1 Å². The SMILES string of the molecule is C.CC(=O)CNc1ccc(S(=O)(=O)O)cc1.CC(=O)NCc1ccc(S(=O)(=O)F)cc1.Fc1nc(F)nc(F)n1. The average molecular weight is 612 g/mol. The van der Waals surface area contributed by atoms with Crippen molar-refractivity contribution < 1.29 is 48.0 Å². The highest BCUT2D eigenvalue weighted by Crippen LogP contribution is 2.14. The lowest BCUT2D eigenvalue weighted by Gasteiger charge is -2.04. The molecule has 1 amide bonds. The fourth-order valence-electron chi connectivity index (χ4n) is 2.27. The third kappa shape index (κ3) is 14.8. The van der Waals surface area contributed by atoms with E-state index in [1.807, 2.05) is 0 Å². The van der Waals surface area contributed by atoms with Gasteiger partial charge in [0.25, 0.3) is 10.1 Å². The number of hydrogen-bond acceptors (Lipinski definition) is 10. The number of carbonyl (C=O) groups excluding carboxylic acids is 2. The van der Waals surface area contributed by atoms with Crippen molar-refractivity contribution in [2.45, 2.75) is 37.6 Å². The molecule has 1 heterocycles. The van der Waals surface area contributed by atoms with E-state index in [1.165, 1.54) is 50.2 Å². The van der Waals surface area contributed by atoms with E-state index in [1.54, 1.807) is 0 Å². The van der Waals surface area contributed by atoms with Gasteiger partial charge in [-0.05, 0) is 48.9 Å². The van der Waals surface area contributed by atoms with Crippen molar-refractivity contribution in [1.82, 2.24) is 20.3 Å². The number of carbonyl (C=O) groups is 2. The van der Waals surface area contributed by atoms with Crippen LogP contribution in [0.25, 0.3) is 0 Å². The first-order valence-corrected chi connectivity index (χ1v) is 13.1. The van der Waals surface area contributed by atoms with Gasteiger partial charge in [-0.1, -0.05) is 19.6 Å². The highest BCUT2D eigenvalue weighted by Gasteiger charge is 2.11. The molecule has 0 spiro atoms. The molecule has 0 radical (unpaired) electrons. The number of nitrogens with zero attached hydrogens (tertiary/aromatic N) is 3. The molecular weight excluding hydrogens is 586 g/mol. The molecule has 2 aromatic carbocycles. The molecule has 0 aliphatic heterocycles. The Morgan fingerprint density at radius 3 is 1.57 bits per heavy atom. The summed E-state index contributed by atoms with van der Waals surface area (Å²) in [7, 11) is -8.78. The lowest BCUT2D eigenvalue weighted by molar-refractivity contribution is -0.119. The van der Waals surface area contributed by atoms with E-state index in [0.29, 0.717) is 17.8 Å². The van der Waals surface area contributed by atoms with Gasteiger partial charge in [0.2, 0.25) is 5.91 Å². The van der Waals surface area contributed by atoms with Crippen molar-refractivity contribution in [1.29, 1.82) is 0 Å². The van der Waals surface area contributed by atoms with Gasteiger partial charge in [0.05, 0.1) is 16.3 Å². The van der Waals surface area contributed by atoms with Gasteiger partial charge in [-0.25, -0.2) is 0 Å². The standard InChI is InChI=1S/C9H10FNO3S.C9H11NO4S.C3F3N3.CH4/c1-7(12)11-6-8-2-4-9(5-3-8)15(10,13)14;1-7(11)6-10-8-2-4-9(5-3-8)15(12,13)14;4-1-7-2(5)9-3(6)8-1;/h2-5H,6H2,1H3,(H,11,12);2-5,10H,6H2,1H3,(H,12,13,14);;1H4. The Labute approximate surface area is 227 Å². The molecule has 3 N–H and O–H groups in total. The summed E-state index contributed by atoms with van der Waals surface area (Å²) < 4.78 is 98.6. The van der Waals surface area contributed by atoms with E-state index in [4.69, 9.17) is 4.55 Å². The Kier molecular flexibility index (Phi) is 14.5. The van der Waals surface area contributed by atoms with Crippen molar-refractivity contribution in [3.63, 3.8) is 0 Å². The number of nitrogens with one attached hydrogen (secondary N) is 2. The van der Waals surface area contributed by atoms with Crippen LogP contribution >= 0.6 is 0 Å². The smallest absolute Gasteiger partial charge is 0.332 e. The molecule has 12 nitrogen and oxygen atoms in total. The molecule has 0 unspecified atom stereocenters. The minimum atomic E-state index is -4.64. The fraction of sp³-hybridized carbons (Fsp3) is 0.227. The van der Waals surface area contributed by atoms with Gasteiger partial charge in [0.1, 0.15) is 5.78 Å². The zero-order valence-corrected chi connectivity index (χ0v) is 21.7. The second-order valence-electron chi connectivity index (χ2n) is 7.19. The van der Waals surface area contributed by atoms with E-state index in [-0.39, 0.29) is 35.5 Å². The van der Waals surface area contributed by atoms with Crippen LogP contribution in [0.4, 0.5) is 22.7 Å². The Hall–Kier alpha value is -4.03. The topological polar surface area (TPSA) is 185 Å². The van der Waals surface area contributed by atoms with Gasteiger partial charge < -0.3 is 10.6 Å². The molecule has 220 valence electrons. The molecule has 0 aliphatic carbocycles. The van der Waals surface area contributed by atoms with Crippen LogP contribution < -0.4 is 10.6 Å². The van der Waals surface area contributed by atoms with Gasteiger partial charge in [0.15, 0.2) is 0 Å². The number of Topliss-reactive ketones (excluding diaryl/α,β-unsaturated/α-hetero) is 1. The van der Waals surface area contributed by atoms with Crippen LogP contribution in [0.3, 0.4) is 0 Å². The summed E-state index contributed by atoms with van der Waals surface area (Å²) in [5, 5.41) is 5.33. The van der Waals surface area contributed by atoms with Crippen LogP contribution in [-0.4, -0.2) is 54.6 Å². The number of aromatic nitrogens is 3. The maximum atomic E-state index is 12.5. The summed E-state index contributed by atoms with van der Waals surface area (Å²) in [6.45, 7) is 3.30. The van der Waals surface area contributed by atoms with E-state index in [2.05, 4.69) is 25.6 Å². The summed E-state index contributed by atoms with van der Waals surface area (Å²) in [6.07, 6.45) is -4.38. The quantitative estimate of drug-likeness (QED) is 0.203. The predicted octanol–water partition coefficient (Wildman–Crippen LogP) is 2.84. The normalized spacial score (nSPS) is 10.5. The first-order chi connectivity index (χ1) is 18.0. The van der Waals surface area contributed by atoms with Crippen molar-refractivity contribution >= 4 is 37.7 Å². The summed E-state index contributed by atoms with van der Waals surface area (Å²) in [5.41, 5.74) is 1.33. The minimum Gasteiger partial charge on any atom is -0.378 e. The Morgan fingerprint density at radius 1 is 0.800 bits per heavy atom. The third-order valence-electron chi connectivity index (χ3n) is 3.99. The number of ketones is 1. The van der Waals surface area contributed by atoms with Gasteiger partial charge in [-0.2, -0.15) is 45.0 Å². The highest BCUT2D eigenvalue weighted by molar-refractivity contribution is 7.86. The number of anilines is 1. The second-order valence-corrected chi connectivity index (χ2v) is 9.96.